The van der Waals surface area contributed by atoms with Crippen molar-refractivity contribution in [1.82, 2.24) is 9.78 Å². The molecule has 1 heterocycles. The van der Waals surface area contributed by atoms with Crippen molar-refractivity contribution in [2.75, 3.05) is 11.9 Å². The number of nitrogens with zero attached hydrogens (tertiary/aromatic N) is 2. The Hall–Kier alpha value is -3.67. The monoisotopic (exact) mass is 389 g/mol. The van der Waals surface area contributed by atoms with Crippen molar-refractivity contribution in [3.05, 3.63) is 83.2 Å². The fourth-order valence-corrected chi connectivity index (χ4v) is 2.85. The summed E-state index contributed by atoms with van der Waals surface area (Å²) < 4.78 is 6.79. The smallest absolute Gasteiger partial charge is 0.331 e. The molecule has 0 unspecified atom stereocenters. The molecule has 0 saturated carbocycles. The summed E-state index contributed by atoms with van der Waals surface area (Å²) >= 11 is 0. The van der Waals surface area contributed by atoms with Gasteiger partial charge in [-0.25, -0.2) is 9.48 Å². The molecule has 0 radical (unpaired) electrons. The van der Waals surface area contributed by atoms with Crippen LogP contribution in [0.1, 0.15) is 22.5 Å². The van der Waals surface area contributed by atoms with Gasteiger partial charge >= 0.3 is 5.97 Å². The average molecular weight is 389 g/mol. The van der Waals surface area contributed by atoms with Gasteiger partial charge in [0.2, 0.25) is 0 Å². The highest BCUT2D eigenvalue weighted by molar-refractivity contribution is 5.95. The zero-order valence-electron chi connectivity index (χ0n) is 16.7. The third-order valence-corrected chi connectivity index (χ3v) is 4.39. The van der Waals surface area contributed by atoms with Crippen LogP contribution in [0.15, 0.2) is 60.7 Å². The molecule has 0 aliphatic rings. The maximum atomic E-state index is 12.2. The van der Waals surface area contributed by atoms with Crippen molar-refractivity contribution in [2.24, 2.45) is 0 Å². The van der Waals surface area contributed by atoms with Gasteiger partial charge in [0.15, 0.2) is 6.61 Å². The van der Waals surface area contributed by atoms with Gasteiger partial charge in [0, 0.05) is 6.08 Å². The molecular weight excluding hydrogens is 366 g/mol. The Labute approximate surface area is 169 Å². The molecule has 6 heteroatoms. The summed E-state index contributed by atoms with van der Waals surface area (Å²) in [6, 6.07) is 17.4. The van der Waals surface area contributed by atoms with E-state index in [1.165, 1.54) is 6.08 Å². The lowest BCUT2D eigenvalue weighted by Crippen LogP contribution is -2.20. The predicted octanol–water partition coefficient (Wildman–Crippen LogP) is 3.99. The number of amides is 1. The van der Waals surface area contributed by atoms with Crippen LogP contribution in [0.4, 0.5) is 5.69 Å². The summed E-state index contributed by atoms with van der Waals surface area (Å²) in [6.07, 6.45) is 2.96. The van der Waals surface area contributed by atoms with Crippen LogP contribution in [0.5, 0.6) is 0 Å². The van der Waals surface area contributed by atoms with E-state index >= 15 is 0 Å². The van der Waals surface area contributed by atoms with Crippen molar-refractivity contribution >= 4 is 23.6 Å². The highest BCUT2D eigenvalue weighted by Gasteiger charge is 2.15. The summed E-state index contributed by atoms with van der Waals surface area (Å²) in [4.78, 5) is 24.1. The molecule has 0 aliphatic carbocycles. The van der Waals surface area contributed by atoms with Crippen molar-refractivity contribution in [2.45, 2.75) is 20.8 Å². The van der Waals surface area contributed by atoms with E-state index in [9.17, 15) is 9.59 Å². The number of carbonyl (C=O) groups is 2. The lowest BCUT2D eigenvalue weighted by atomic mass is 10.1. The van der Waals surface area contributed by atoms with E-state index < -0.39 is 11.9 Å². The topological polar surface area (TPSA) is 73.2 Å². The van der Waals surface area contributed by atoms with Crippen LogP contribution in [0.2, 0.25) is 0 Å². The molecule has 0 atom stereocenters. The Kier molecular flexibility index (Phi) is 6.24. The number of aromatic nitrogens is 2. The number of rotatable bonds is 6. The number of anilines is 1. The number of nitrogens with one attached hydrogen (secondary N) is 1. The molecule has 1 amide bonds. The lowest BCUT2D eigenvalue weighted by Gasteiger charge is -2.07. The predicted molar refractivity (Wildman–Crippen MR) is 113 cm³/mol. The van der Waals surface area contributed by atoms with Crippen LogP contribution in [0.3, 0.4) is 0 Å². The summed E-state index contributed by atoms with van der Waals surface area (Å²) in [7, 11) is 0. The minimum atomic E-state index is -0.575. The number of hydrogen-bond acceptors (Lipinski definition) is 4. The minimum absolute atomic E-state index is 0.369. The van der Waals surface area contributed by atoms with Gasteiger partial charge < -0.3 is 10.1 Å². The SMILES string of the molecule is Cc1ccc(/C=C/C(=O)OCC(=O)Nc2c(C)nn(-c3ccccc3)c2C)cc1. The molecule has 1 aromatic heterocycles. The Balaban J connectivity index is 1.58. The van der Waals surface area contributed by atoms with E-state index in [4.69, 9.17) is 4.74 Å². The Morgan fingerprint density at radius 1 is 1.03 bits per heavy atom. The molecule has 1 N–H and O–H groups in total. The first-order valence-corrected chi connectivity index (χ1v) is 9.27. The third kappa shape index (κ3) is 5.19. The van der Waals surface area contributed by atoms with E-state index in [0.717, 1.165) is 22.5 Å². The molecular formula is C23H23N3O3. The largest absolute Gasteiger partial charge is 0.452 e. The normalized spacial score (nSPS) is 10.9. The quantitative estimate of drug-likeness (QED) is 0.511. The molecule has 2 aromatic carbocycles. The third-order valence-electron chi connectivity index (χ3n) is 4.39. The van der Waals surface area contributed by atoms with Crippen LogP contribution in [0.25, 0.3) is 11.8 Å². The Morgan fingerprint density at radius 2 is 1.72 bits per heavy atom. The second-order valence-electron chi connectivity index (χ2n) is 6.69. The second kappa shape index (κ2) is 9.01. The summed E-state index contributed by atoms with van der Waals surface area (Å²) in [5.74, 6) is -0.991. The molecule has 29 heavy (non-hydrogen) atoms. The molecule has 0 aliphatic heterocycles. The highest BCUT2D eigenvalue weighted by atomic mass is 16.5. The first-order valence-electron chi connectivity index (χ1n) is 9.27. The maximum Gasteiger partial charge on any atom is 0.331 e. The van der Waals surface area contributed by atoms with E-state index in [2.05, 4.69) is 10.4 Å². The first kappa shape index (κ1) is 20.1. The number of carbonyl (C=O) groups excluding carboxylic acids is 2. The van der Waals surface area contributed by atoms with E-state index in [0.29, 0.717) is 11.4 Å². The fourth-order valence-electron chi connectivity index (χ4n) is 2.85. The lowest BCUT2D eigenvalue weighted by molar-refractivity contribution is -0.142. The standard InChI is InChI=1S/C23H23N3O3/c1-16-9-11-19(12-10-16)13-14-22(28)29-15-21(27)24-23-17(2)25-26(18(23)3)20-7-5-4-6-8-20/h4-14H,15H2,1-3H3,(H,24,27)/b14-13+. The molecule has 3 aromatic rings. The van der Waals surface area contributed by atoms with E-state index in [1.807, 2.05) is 75.4 Å². The van der Waals surface area contributed by atoms with Crippen LogP contribution >= 0.6 is 0 Å². The van der Waals surface area contributed by atoms with Crippen LogP contribution in [0, 0.1) is 20.8 Å². The van der Waals surface area contributed by atoms with Crippen molar-refractivity contribution in [3.63, 3.8) is 0 Å². The summed E-state index contributed by atoms with van der Waals surface area (Å²) in [5.41, 5.74) is 5.03. The zero-order valence-corrected chi connectivity index (χ0v) is 16.7. The van der Waals surface area contributed by atoms with E-state index in [-0.39, 0.29) is 6.61 Å². The van der Waals surface area contributed by atoms with Crippen molar-refractivity contribution in [1.29, 1.82) is 0 Å². The van der Waals surface area contributed by atoms with Crippen LogP contribution in [-0.2, 0) is 14.3 Å². The number of benzene rings is 2. The van der Waals surface area contributed by atoms with Crippen LogP contribution in [-0.4, -0.2) is 28.3 Å². The average Bonchev–Trinajstić information content (AvgIpc) is 3.00. The molecule has 6 nitrogen and oxygen atoms in total. The van der Waals surface area contributed by atoms with Gasteiger partial charge in [0.05, 0.1) is 22.8 Å². The van der Waals surface area contributed by atoms with Gasteiger partial charge in [0.1, 0.15) is 0 Å². The number of ether oxygens (including phenoxy) is 1. The molecule has 0 spiro atoms. The Morgan fingerprint density at radius 3 is 2.41 bits per heavy atom. The summed E-state index contributed by atoms with van der Waals surface area (Å²) in [5, 5.41) is 7.26. The maximum absolute atomic E-state index is 12.2. The van der Waals surface area contributed by atoms with Gasteiger partial charge in [0.25, 0.3) is 5.91 Å². The van der Waals surface area contributed by atoms with E-state index in [1.54, 1.807) is 10.8 Å². The minimum Gasteiger partial charge on any atom is -0.452 e. The van der Waals surface area contributed by atoms with Crippen LogP contribution < -0.4 is 5.32 Å². The Bertz CT molecular complexity index is 1040. The molecule has 148 valence electrons. The fraction of sp³-hybridized carbons (Fsp3) is 0.174. The van der Waals surface area contributed by atoms with Gasteiger partial charge in [-0.2, -0.15) is 5.10 Å². The second-order valence-corrected chi connectivity index (χ2v) is 6.69. The van der Waals surface area contributed by atoms with Gasteiger partial charge in [-0.3, -0.25) is 4.79 Å². The molecule has 0 saturated heterocycles. The molecule has 0 bridgehead atoms. The number of aryl methyl sites for hydroxylation is 2. The number of esters is 1. The summed E-state index contributed by atoms with van der Waals surface area (Å²) in [6.45, 7) is 5.32. The van der Waals surface area contributed by atoms with Crippen molar-refractivity contribution < 1.29 is 14.3 Å². The molecule has 0 fully saturated rings. The highest BCUT2D eigenvalue weighted by Crippen LogP contribution is 2.22. The number of para-hydroxylation sites is 1. The molecule has 3 rings (SSSR count). The zero-order chi connectivity index (χ0) is 20.8. The van der Waals surface area contributed by atoms with Gasteiger partial charge in [-0.1, -0.05) is 48.0 Å². The first-order chi connectivity index (χ1) is 13.9. The number of hydrogen-bond donors (Lipinski definition) is 1. The van der Waals surface area contributed by atoms with Crippen molar-refractivity contribution in [3.8, 4) is 5.69 Å². The van der Waals surface area contributed by atoms with Gasteiger partial charge in [-0.15, -0.1) is 0 Å². The van der Waals surface area contributed by atoms with Gasteiger partial charge in [-0.05, 0) is 44.5 Å².